The number of carbonyl (C=O) groups is 2. The van der Waals surface area contributed by atoms with Crippen LogP contribution in [-0.4, -0.2) is 11.7 Å². The molecule has 88 valence electrons. The van der Waals surface area contributed by atoms with Crippen molar-refractivity contribution in [2.45, 2.75) is 33.1 Å². The molecular weight excluding hydrogens is 202 g/mol. The van der Waals surface area contributed by atoms with E-state index in [1.807, 2.05) is 19.9 Å². The Morgan fingerprint density at radius 3 is 2.81 bits per heavy atom. The zero-order chi connectivity index (χ0) is 12.1. The van der Waals surface area contributed by atoms with Crippen molar-refractivity contribution in [2.24, 2.45) is 17.6 Å². The lowest BCUT2D eigenvalue weighted by molar-refractivity contribution is -0.122. The van der Waals surface area contributed by atoms with Gasteiger partial charge in [0.2, 0.25) is 5.91 Å². The van der Waals surface area contributed by atoms with Gasteiger partial charge in [-0.05, 0) is 25.3 Å². The van der Waals surface area contributed by atoms with E-state index in [1.165, 1.54) is 0 Å². The molecule has 1 aliphatic carbocycles. The summed E-state index contributed by atoms with van der Waals surface area (Å²) in [5.41, 5.74) is 6.39. The molecule has 3 heteroatoms. The summed E-state index contributed by atoms with van der Waals surface area (Å²) < 4.78 is 0. The third-order valence-corrected chi connectivity index (χ3v) is 3.23. The van der Waals surface area contributed by atoms with Crippen LogP contribution >= 0.6 is 0 Å². The zero-order valence-corrected chi connectivity index (χ0v) is 9.90. The molecule has 2 unspecified atom stereocenters. The predicted molar refractivity (Wildman–Crippen MR) is 63.6 cm³/mol. The van der Waals surface area contributed by atoms with E-state index in [-0.39, 0.29) is 23.5 Å². The molecule has 0 saturated heterocycles. The summed E-state index contributed by atoms with van der Waals surface area (Å²) in [6.07, 6.45) is 7.63. The summed E-state index contributed by atoms with van der Waals surface area (Å²) in [6.45, 7) is 3.86. The molecule has 1 amide bonds. The van der Waals surface area contributed by atoms with Crippen LogP contribution in [0.2, 0.25) is 0 Å². The van der Waals surface area contributed by atoms with Gasteiger partial charge in [-0.2, -0.15) is 0 Å². The molecule has 2 N–H and O–H groups in total. The molecule has 0 aromatic rings. The Morgan fingerprint density at radius 2 is 2.25 bits per heavy atom. The molecule has 0 spiro atoms. The summed E-state index contributed by atoms with van der Waals surface area (Å²) >= 11 is 0. The normalized spacial score (nSPS) is 21.8. The Balaban J connectivity index is 2.55. The van der Waals surface area contributed by atoms with Crippen LogP contribution in [0.15, 0.2) is 23.8 Å². The molecule has 1 aliphatic rings. The average Bonchev–Trinajstić information content (AvgIpc) is 2.24. The van der Waals surface area contributed by atoms with Crippen molar-refractivity contribution in [1.29, 1.82) is 0 Å². The molecule has 16 heavy (non-hydrogen) atoms. The average molecular weight is 221 g/mol. The topological polar surface area (TPSA) is 60.2 Å². The van der Waals surface area contributed by atoms with Gasteiger partial charge in [-0.3, -0.25) is 9.59 Å². The van der Waals surface area contributed by atoms with E-state index < -0.39 is 0 Å². The number of ketones is 1. The van der Waals surface area contributed by atoms with Crippen LogP contribution in [0.25, 0.3) is 0 Å². The molecule has 0 radical (unpaired) electrons. The first-order valence-electron chi connectivity index (χ1n) is 5.76. The van der Waals surface area contributed by atoms with Gasteiger partial charge in [-0.15, -0.1) is 0 Å². The second kappa shape index (κ2) is 5.64. The Labute approximate surface area is 96.4 Å². The summed E-state index contributed by atoms with van der Waals surface area (Å²) in [6, 6.07) is 0. The maximum absolute atomic E-state index is 11.4. The first kappa shape index (κ1) is 12.7. The lowest BCUT2D eigenvalue weighted by atomic mass is 9.86. The van der Waals surface area contributed by atoms with E-state index in [4.69, 9.17) is 5.73 Å². The van der Waals surface area contributed by atoms with Crippen molar-refractivity contribution < 1.29 is 9.59 Å². The van der Waals surface area contributed by atoms with E-state index in [2.05, 4.69) is 0 Å². The van der Waals surface area contributed by atoms with E-state index in [0.717, 1.165) is 24.8 Å². The van der Waals surface area contributed by atoms with Crippen LogP contribution in [-0.2, 0) is 9.59 Å². The smallest absolute Gasteiger partial charge is 0.220 e. The van der Waals surface area contributed by atoms with Crippen molar-refractivity contribution in [2.75, 3.05) is 0 Å². The van der Waals surface area contributed by atoms with Crippen LogP contribution in [0.1, 0.15) is 33.1 Å². The number of nitrogens with two attached hydrogens (primary N) is 1. The number of amides is 1. The van der Waals surface area contributed by atoms with Gasteiger partial charge in [-0.25, -0.2) is 0 Å². The minimum absolute atomic E-state index is 0.0459. The lowest BCUT2D eigenvalue weighted by Gasteiger charge is -2.18. The zero-order valence-electron chi connectivity index (χ0n) is 9.90. The fourth-order valence-electron chi connectivity index (χ4n) is 1.93. The highest BCUT2D eigenvalue weighted by Gasteiger charge is 2.20. The molecule has 1 rings (SSSR count). The maximum atomic E-state index is 11.4. The van der Waals surface area contributed by atoms with Gasteiger partial charge in [0.05, 0.1) is 0 Å². The number of carbonyl (C=O) groups excluding carboxylic acids is 2. The van der Waals surface area contributed by atoms with Gasteiger partial charge >= 0.3 is 0 Å². The van der Waals surface area contributed by atoms with Gasteiger partial charge in [0.15, 0.2) is 5.78 Å². The monoisotopic (exact) mass is 221 g/mol. The van der Waals surface area contributed by atoms with Crippen LogP contribution in [0, 0.1) is 11.8 Å². The second-order valence-corrected chi connectivity index (χ2v) is 4.27. The quantitative estimate of drug-likeness (QED) is 0.771. The third-order valence-electron chi connectivity index (χ3n) is 3.23. The number of hydrogen-bond donors (Lipinski definition) is 1. The summed E-state index contributed by atoms with van der Waals surface area (Å²) in [4.78, 5) is 22.5. The van der Waals surface area contributed by atoms with E-state index in [9.17, 15) is 9.59 Å². The minimum Gasteiger partial charge on any atom is -0.369 e. The number of allylic oxidation sites excluding steroid dienone is 4. The Hall–Kier alpha value is -1.38. The molecule has 0 heterocycles. The molecule has 3 nitrogen and oxygen atoms in total. The Morgan fingerprint density at radius 1 is 1.56 bits per heavy atom. The molecule has 0 bridgehead atoms. The van der Waals surface area contributed by atoms with Gasteiger partial charge in [0.1, 0.15) is 0 Å². The van der Waals surface area contributed by atoms with Crippen LogP contribution in [0.3, 0.4) is 0 Å². The molecule has 0 saturated carbocycles. The molecule has 0 aliphatic heterocycles. The fourth-order valence-corrected chi connectivity index (χ4v) is 1.93. The Kier molecular flexibility index (Phi) is 4.47. The number of hydrogen-bond acceptors (Lipinski definition) is 2. The highest BCUT2D eigenvalue weighted by Crippen LogP contribution is 2.24. The molecule has 0 aromatic carbocycles. The highest BCUT2D eigenvalue weighted by atomic mass is 16.1. The maximum Gasteiger partial charge on any atom is 0.220 e. The molecule has 0 fully saturated rings. The fraction of sp³-hybridized carbons (Fsp3) is 0.538. The van der Waals surface area contributed by atoms with Gasteiger partial charge in [-0.1, -0.05) is 31.6 Å². The largest absolute Gasteiger partial charge is 0.369 e. The van der Waals surface area contributed by atoms with Crippen molar-refractivity contribution in [3.05, 3.63) is 23.8 Å². The summed E-state index contributed by atoms with van der Waals surface area (Å²) in [5, 5.41) is 0. The van der Waals surface area contributed by atoms with Crippen molar-refractivity contribution in [3.8, 4) is 0 Å². The van der Waals surface area contributed by atoms with Crippen molar-refractivity contribution >= 4 is 11.7 Å². The number of primary amides is 1. The molecule has 2 atom stereocenters. The molecular formula is C13H19NO2. The SMILES string of the molecule is CCC(CCC1=CC=CC(=O)C1C)C(N)=O. The van der Waals surface area contributed by atoms with Crippen LogP contribution < -0.4 is 5.73 Å². The highest BCUT2D eigenvalue weighted by molar-refractivity contribution is 5.95. The third kappa shape index (κ3) is 3.05. The minimum atomic E-state index is -0.242. The lowest BCUT2D eigenvalue weighted by Crippen LogP contribution is -2.23. The molecule has 0 aromatic heterocycles. The first-order valence-corrected chi connectivity index (χ1v) is 5.76. The van der Waals surface area contributed by atoms with E-state index >= 15 is 0 Å². The van der Waals surface area contributed by atoms with Gasteiger partial charge in [0.25, 0.3) is 0 Å². The van der Waals surface area contributed by atoms with Crippen LogP contribution in [0.5, 0.6) is 0 Å². The van der Waals surface area contributed by atoms with Gasteiger partial charge in [0, 0.05) is 11.8 Å². The summed E-state index contributed by atoms with van der Waals surface area (Å²) in [5.74, 6) is -0.220. The standard InChI is InChI=1S/C13H19NO2/c1-3-10(13(14)16)7-8-11-5-4-6-12(15)9(11)2/h4-6,9-10H,3,7-8H2,1-2H3,(H2,14,16). The van der Waals surface area contributed by atoms with Gasteiger partial charge < -0.3 is 5.73 Å². The Bertz CT molecular complexity index is 342. The van der Waals surface area contributed by atoms with E-state index in [0.29, 0.717) is 0 Å². The van der Waals surface area contributed by atoms with Crippen LogP contribution in [0.4, 0.5) is 0 Å². The predicted octanol–water partition coefficient (Wildman–Crippen LogP) is 1.98. The summed E-state index contributed by atoms with van der Waals surface area (Å²) in [7, 11) is 0. The first-order chi connectivity index (χ1) is 7.56. The van der Waals surface area contributed by atoms with Crippen molar-refractivity contribution in [1.82, 2.24) is 0 Å². The second-order valence-electron chi connectivity index (χ2n) is 4.27. The number of rotatable bonds is 5. The van der Waals surface area contributed by atoms with E-state index in [1.54, 1.807) is 12.2 Å². The van der Waals surface area contributed by atoms with Crippen molar-refractivity contribution in [3.63, 3.8) is 0 Å².